The first-order valence-corrected chi connectivity index (χ1v) is 17.7. The van der Waals surface area contributed by atoms with E-state index < -0.39 is 65.6 Å². The number of aliphatic hydroxyl groups excluding tert-OH is 1. The van der Waals surface area contributed by atoms with E-state index in [-0.39, 0.29) is 25.5 Å². The number of anilines is 1. The van der Waals surface area contributed by atoms with Crippen molar-refractivity contribution in [3.05, 3.63) is 90.0 Å². The van der Waals surface area contributed by atoms with Gasteiger partial charge in [0.05, 0.1) is 47.3 Å². The summed E-state index contributed by atoms with van der Waals surface area (Å²) in [4.78, 5) is 61.6. The van der Waals surface area contributed by atoms with Gasteiger partial charge in [-0.15, -0.1) is 13.2 Å². The molecular formula is C39H48ClN3O7. The molecule has 5 rings (SSSR count). The van der Waals surface area contributed by atoms with Crippen molar-refractivity contribution in [3.8, 4) is 0 Å². The third-order valence-corrected chi connectivity index (χ3v) is 11.0. The van der Waals surface area contributed by atoms with Crippen LogP contribution in [0.15, 0.2) is 73.8 Å². The van der Waals surface area contributed by atoms with E-state index in [4.69, 9.17) is 21.1 Å². The monoisotopic (exact) mass is 705 g/mol. The summed E-state index contributed by atoms with van der Waals surface area (Å²) in [5.74, 6) is -3.61. The van der Waals surface area contributed by atoms with Crippen molar-refractivity contribution in [2.24, 2.45) is 11.8 Å². The van der Waals surface area contributed by atoms with Gasteiger partial charge < -0.3 is 29.3 Å². The second kappa shape index (κ2) is 15.5. The van der Waals surface area contributed by atoms with E-state index in [0.717, 1.165) is 5.56 Å². The first kappa shape index (κ1) is 37.3. The lowest BCUT2D eigenvalue weighted by atomic mass is 9.70. The van der Waals surface area contributed by atoms with Crippen molar-refractivity contribution in [2.45, 2.75) is 88.8 Å². The zero-order valence-electron chi connectivity index (χ0n) is 29.3. The van der Waals surface area contributed by atoms with E-state index in [1.54, 1.807) is 36.2 Å². The fourth-order valence-corrected chi connectivity index (χ4v) is 8.43. The van der Waals surface area contributed by atoms with E-state index in [1.165, 1.54) is 9.80 Å². The van der Waals surface area contributed by atoms with Gasteiger partial charge in [0.15, 0.2) is 0 Å². The number of hydrogen-bond acceptors (Lipinski definition) is 7. The highest BCUT2D eigenvalue weighted by Gasteiger charge is 2.75. The number of ether oxygens (including phenoxy) is 2. The smallest absolute Gasteiger partial charge is 0.313 e. The highest BCUT2D eigenvalue weighted by molar-refractivity contribution is 6.34. The molecule has 3 heterocycles. The Labute approximate surface area is 299 Å². The van der Waals surface area contributed by atoms with Crippen LogP contribution in [-0.2, 0) is 28.7 Å². The van der Waals surface area contributed by atoms with Crippen LogP contribution in [0.3, 0.4) is 0 Å². The fraction of sp³-hybridized carbons (Fsp3) is 0.487. The molecule has 0 aliphatic carbocycles. The topological polar surface area (TPSA) is 117 Å². The molecule has 1 N–H and O–H groups in total. The third-order valence-electron chi connectivity index (χ3n) is 10.7. The molecule has 10 nitrogen and oxygen atoms in total. The summed E-state index contributed by atoms with van der Waals surface area (Å²) in [6.07, 6.45) is 3.75. The van der Waals surface area contributed by atoms with Crippen molar-refractivity contribution < 1.29 is 33.8 Å². The Hall–Kier alpha value is -3.99. The number of likely N-dealkylation sites (tertiary alicyclic amines) is 1. The molecule has 0 unspecified atom stereocenters. The summed E-state index contributed by atoms with van der Waals surface area (Å²) in [6.45, 7) is 12.8. The molecule has 0 aromatic heterocycles. The molecule has 0 saturated carbocycles. The molecule has 3 aliphatic heterocycles. The lowest BCUT2D eigenvalue weighted by molar-refractivity contribution is -0.165. The molecule has 2 bridgehead atoms. The zero-order valence-corrected chi connectivity index (χ0v) is 30.1. The number of nitrogens with zero attached hydrogens (tertiary/aromatic N) is 3. The Morgan fingerprint density at radius 2 is 1.88 bits per heavy atom. The van der Waals surface area contributed by atoms with Crippen molar-refractivity contribution in [1.29, 1.82) is 0 Å². The van der Waals surface area contributed by atoms with Gasteiger partial charge in [0.25, 0.3) is 5.91 Å². The number of likely N-dealkylation sites (N-methyl/N-ethyl adjacent to an activating group) is 1. The second-order valence-electron chi connectivity index (χ2n) is 13.5. The number of allylic oxidation sites excluding steroid dienone is 1. The number of rotatable bonds is 15. The lowest BCUT2D eigenvalue weighted by Crippen LogP contribution is -2.59. The van der Waals surface area contributed by atoms with E-state index in [0.29, 0.717) is 42.0 Å². The summed E-state index contributed by atoms with van der Waals surface area (Å²) in [5, 5.41) is 10.9. The number of halogens is 1. The number of amides is 3. The van der Waals surface area contributed by atoms with E-state index in [9.17, 15) is 24.3 Å². The predicted molar refractivity (Wildman–Crippen MR) is 191 cm³/mol. The van der Waals surface area contributed by atoms with Gasteiger partial charge in [0.2, 0.25) is 11.8 Å². The first-order valence-electron chi connectivity index (χ1n) is 17.4. The number of carbonyl (C=O) groups is 4. The Morgan fingerprint density at radius 1 is 1.16 bits per heavy atom. The summed E-state index contributed by atoms with van der Waals surface area (Å²) in [7, 11) is 1.68. The van der Waals surface area contributed by atoms with Crippen LogP contribution in [0.1, 0.15) is 63.2 Å². The van der Waals surface area contributed by atoms with Gasteiger partial charge in [0.1, 0.15) is 17.7 Å². The number of carbonyl (C=O) groups excluding carboxylic acids is 4. The molecule has 268 valence electrons. The molecule has 3 aliphatic rings. The summed E-state index contributed by atoms with van der Waals surface area (Å²) in [6, 6.07) is 12.2. The minimum Gasteiger partial charge on any atom is -0.455 e. The standard InChI is InChI=1S/C39H48ClN3O7/c1-7-10-19-30(45)41(6)25(5)34(26-16-12-11-13-17-26)49-38(48)31-29-20-21-39(50-29)32(31)36(46)43(27(9-3)23-44)35(39)37(47)42(22-8-2)33-24(4)15-14-18-28(33)40/h7-8,11-18,25,27,29,31-32,34-35,44H,1-2,9-10,19-23H2,3-6H3/t25-,27-,29+,31-,32-,34+,35+,39-/m0/s1. The summed E-state index contributed by atoms with van der Waals surface area (Å²) in [5.41, 5.74) is 0.632. The molecule has 8 atom stereocenters. The number of hydrogen-bond donors (Lipinski definition) is 1. The highest BCUT2D eigenvalue weighted by atomic mass is 35.5. The van der Waals surface area contributed by atoms with Gasteiger partial charge in [-0.2, -0.15) is 0 Å². The molecule has 3 amide bonds. The van der Waals surface area contributed by atoms with Crippen LogP contribution in [-0.4, -0.2) is 88.6 Å². The Bertz CT molecular complexity index is 1590. The normalized spacial score (nSPS) is 25.4. The van der Waals surface area contributed by atoms with Gasteiger partial charge >= 0.3 is 5.97 Å². The van der Waals surface area contributed by atoms with Crippen molar-refractivity contribution >= 4 is 41.0 Å². The van der Waals surface area contributed by atoms with Crippen LogP contribution in [0.2, 0.25) is 5.02 Å². The molecule has 11 heteroatoms. The molecule has 50 heavy (non-hydrogen) atoms. The molecule has 1 spiro atoms. The number of benzene rings is 2. The van der Waals surface area contributed by atoms with Crippen LogP contribution in [0, 0.1) is 18.8 Å². The molecule has 2 aromatic rings. The van der Waals surface area contributed by atoms with Gasteiger partial charge in [-0.05, 0) is 56.7 Å². The van der Waals surface area contributed by atoms with E-state index in [1.807, 2.05) is 57.2 Å². The first-order chi connectivity index (χ1) is 24.0. The third kappa shape index (κ3) is 6.49. The largest absolute Gasteiger partial charge is 0.455 e. The Balaban J connectivity index is 1.53. The Morgan fingerprint density at radius 3 is 2.50 bits per heavy atom. The van der Waals surface area contributed by atoms with Gasteiger partial charge in [0, 0.05) is 20.0 Å². The van der Waals surface area contributed by atoms with Gasteiger partial charge in [-0.25, -0.2) is 0 Å². The summed E-state index contributed by atoms with van der Waals surface area (Å²) >= 11 is 6.67. The Kier molecular flexibility index (Phi) is 11.5. The number of fused-ring (bicyclic) bond motifs is 1. The van der Waals surface area contributed by atoms with Crippen LogP contribution in [0.5, 0.6) is 0 Å². The molecule has 2 aromatic carbocycles. The van der Waals surface area contributed by atoms with Crippen LogP contribution < -0.4 is 4.90 Å². The van der Waals surface area contributed by atoms with E-state index >= 15 is 0 Å². The minimum absolute atomic E-state index is 0.114. The SMILES string of the molecule is C=CCCC(=O)N(C)[C@@H](C)[C@@H](OC(=O)[C@@H]1[C@H]2C(=O)N([C@@H](CC)CO)[C@H](C(=O)N(CC=C)c3c(C)cccc3Cl)[C@]23CC[C@H]1O3)c1ccccc1. The molecular weight excluding hydrogens is 658 g/mol. The van der Waals surface area contributed by atoms with Gasteiger partial charge in [-0.3, -0.25) is 19.2 Å². The highest BCUT2D eigenvalue weighted by Crippen LogP contribution is 2.59. The average molecular weight is 706 g/mol. The minimum atomic E-state index is -1.33. The number of para-hydroxylation sites is 1. The fourth-order valence-electron chi connectivity index (χ4n) is 8.10. The second-order valence-corrected chi connectivity index (χ2v) is 13.9. The van der Waals surface area contributed by atoms with Crippen LogP contribution >= 0.6 is 11.6 Å². The number of aliphatic hydroxyl groups is 1. The lowest BCUT2D eigenvalue weighted by Gasteiger charge is -2.39. The van der Waals surface area contributed by atoms with Gasteiger partial charge in [-0.1, -0.05) is 73.1 Å². The van der Waals surface area contributed by atoms with Crippen LogP contribution in [0.4, 0.5) is 5.69 Å². The zero-order chi connectivity index (χ0) is 36.3. The van der Waals surface area contributed by atoms with Crippen molar-refractivity contribution in [3.63, 3.8) is 0 Å². The van der Waals surface area contributed by atoms with Crippen molar-refractivity contribution in [1.82, 2.24) is 9.80 Å². The maximum absolute atomic E-state index is 14.9. The predicted octanol–water partition coefficient (Wildman–Crippen LogP) is 5.41. The average Bonchev–Trinajstić information content (AvgIpc) is 3.76. The quantitative estimate of drug-likeness (QED) is 0.195. The molecule has 0 radical (unpaired) electrons. The number of esters is 1. The molecule has 3 saturated heterocycles. The summed E-state index contributed by atoms with van der Waals surface area (Å²) < 4.78 is 13.0. The maximum atomic E-state index is 14.9. The maximum Gasteiger partial charge on any atom is 0.313 e. The van der Waals surface area contributed by atoms with Crippen LogP contribution in [0.25, 0.3) is 0 Å². The molecule has 3 fully saturated rings. The van der Waals surface area contributed by atoms with E-state index in [2.05, 4.69) is 13.2 Å². The van der Waals surface area contributed by atoms with Crippen molar-refractivity contribution in [2.75, 3.05) is 25.1 Å². The number of aryl methyl sites for hydroxylation is 1.